The normalized spacial score (nSPS) is 9.42. The highest BCUT2D eigenvalue weighted by Gasteiger charge is 2.05. The van der Waals surface area contributed by atoms with Gasteiger partial charge in [-0.1, -0.05) is 18.7 Å². The van der Waals surface area contributed by atoms with E-state index in [-0.39, 0.29) is 5.78 Å². The summed E-state index contributed by atoms with van der Waals surface area (Å²) in [7, 11) is 0. The van der Waals surface area contributed by atoms with E-state index in [4.69, 9.17) is 0 Å². The fraction of sp³-hybridized carbons (Fsp3) is 0.100. The standard InChI is InChI=1S/C10H10OS/c1-3-9(11)8-6-4-5-7-10(8)12-2/h3-7H,1H2,2H3. The van der Waals surface area contributed by atoms with Crippen molar-refractivity contribution >= 4 is 17.5 Å². The minimum atomic E-state index is -0.0139. The maximum absolute atomic E-state index is 11.3. The predicted octanol–water partition coefficient (Wildman–Crippen LogP) is 2.78. The summed E-state index contributed by atoms with van der Waals surface area (Å²) in [4.78, 5) is 12.3. The highest BCUT2D eigenvalue weighted by atomic mass is 32.2. The molecule has 0 N–H and O–H groups in total. The van der Waals surface area contributed by atoms with Crippen LogP contribution in [-0.2, 0) is 0 Å². The van der Waals surface area contributed by atoms with Gasteiger partial charge in [0.15, 0.2) is 5.78 Å². The number of rotatable bonds is 3. The van der Waals surface area contributed by atoms with Gasteiger partial charge >= 0.3 is 0 Å². The Hall–Kier alpha value is -1.02. The summed E-state index contributed by atoms with van der Waals surface area (Å²) in [5.41, 5.74) is 0.736. The van der Waals surface area contributed by atoms with Gasteiger partial charge in [-0.25, -0.2) is 0 Å². The molecule has 0 heterocycles. The fourth-order valence-corrected chi connectivity index (χ4v) is 1.56. The maximum atomic E-state index is 11.3. The third-order valence-electron chi connectivity index (χ3n) is 1.56. The van der Waals surface area contributed by atoms with E-state index in [2.05, 4.69) is 6.58 Å². The molecule has 1 rings (SSSR count). The van der Waals surface area contributed by atoms with Crippen LogP contribution in [0.5, 0.6) is 0 Å². The number of carbonyl (C=O) groups excluding carboxylic acids is 1. The Morgan fingerprint density at radius 3 is 2.75 bits per heavy atom. The number of thioether (sulfide) groups is 1. The monoisotopic (exact) mass is 178 g/mol. The zero-order valence-electron chi connectivity index (χ0n) is 6.91. The van der Waals surface area contributed by atoms with E-state index in [1.54, 1.807) is 11.8 Å². The maximum Gasteiger partial charge on any atom is 0.186 e. The molecule has 0 saturated carbocycles. The van der Waals surface area contributed by atoms with Crippen molar-refractivity contribution in [3.63, 3.8) is 0 Å². The smallest absolute Gasteiger partial charge is 0.186 e. The predicted molar refractivity (Wildman–Crippen MR) is 52.8 cm³/mol. The molecule has 0 aliphatic heterocycles. The number of hydrogen-bond acceptors (Lipinski definition) is 2. The molecular formula is C10H10OS. The van der Waals surface area contributed by atoms with Crippen molar-refractivity contribution in [3.05, 3.63) is 42.5 Å². The first kappa shape index (κ1) is 9.07. The van der Waals surface area contributed by atoms with Crippen LogP contribution in [0.1, 0.15) is 10.4 Å². The van der Waals surface area contributed by atoms with E-state index in [9.17, 15) is 4.79 Å². The lowest BCUT2D eigenvalue weighted by Crippen LogP contribution is -1.95. The Kier molecular flexibility index (Phi) is 3.11. The van der Waals surface area contributed by atoms with Crippen molar-refractivity contribution in [2.75, 3.05) is 6.26 Å². The molecule has 0 bridgehead atoms. The molecule has 0 saturated heterocycles. The quantitative estimate of drug-likeness (QED) is 0.402. The van der Waals surface area contributed by atoms with Gasteiger partial charge in [0, 0.05) is 10.5 Å². The minimum absolute atomic E-state index is 0.0139. The first-order valence-electron chi connectivity index (χ1n) is 3.59. The molecule has 0 radical (unpaired) electrons. The molecule has 2 heteroatoms. The lowest BCUT2D eigenvalue weighted by molar-refractivity contribution is 0.104. The van der Waals surface area contributed by atoms with Gasteiger partial charge in [0.05, 0.1) is 0 Å². The molecule has 0 aliphatic carbocycles. The average molecular weight is 178 g/mol. The van der Waals surface area contributed by atoms with E-state index in [1.165, 1.54) is 6.08 Å². The highest BCUT2D eigenvalue weighted by Crippen LogP contribution is 2.20. The van der Waals surface area contributed by atoms with Gasteiger partial charge in [0.1, 0.15) is 0 Å². The van der Waals surface area contributed by atoms with Gasteiger partial charge in [-0.2, -0.15) is 0 Å². The van der Waals surface area contributed by atoms with Crippen molar-refractivity contribution in [2.24, 2.45) is 0 Å². The van der Waals surface area contributed by atoms with Gasteiger partial charge in [-0.3, -0.25) is 4.79 Å². The second-order valence-electron chi connectivity index (χ2n) is 2.27. The third kappa shape index (κ3) is 1.77. The van der Waals surface area contributed by atoms with Crippen LogP contribution in [-0.4, -0.2) is 12.0 Å². The molecular weight excluding hydrogens is 168 g/mol. The molecule has 1 aromatic carbocycles. The van der Waals surface area contributed by atoms with E-state index in [0.29, 0.717) is 0 Å². The number of ketones is 1. The highest BCUT2D eigenvalue weighted by molar-refractivity contribution is 7.98. The summed E-state index contributed by atoms with van der Waals surface area (Å²) in [6.07, 6.45) is 3.30. The molecule has 1 aromatic rings. The first-order chi connectivity index (χ1) is 5.79. The molecule has 0 aromatic heterocycles. The summed E-state index contributed by atoms with van der Waals surface area (Å²) in [6, 6.07) is 7.53. The number of hydrogen-bond donors (Lipinski definition) is 0. The van der Waals surface area contributed by atoms with Crippen molar-refractivity contribution in [3.8, 4) is 0 Å². The zero-order valence-corrected chi connectivity index (χ0v) is 7.73. The van der Waals surface area contributed by atoms with Crippen molar-refractivity contribution in [1.82, 2.24) is 0 Å². The zero-order chi connectivity index (χ0) is 8.97. The number of carbonyl (C=O) groups is 1. The lowest BCUT2D eigenvalue weighted by Gasteiger charge is -2.01. The number of benzene rings is 1. The van der Waals surface area contributed by atoms with Crippen LogP contribution in [0.15, 0.2) is 41.8 Å². The molecule has 0 amide bonds. The van der Waals surface area contributed by atoms with E-state index < -0.39 is 0 Å². The number of allylic oxidation sites excluding steroid dienone is 1. The van der Waals surface area contributed by atoms with Gasteiger partial charge in [-0.05, 0) is 24.5 Å². The Bertz CT molecular complexity index is 304. The third-order valence-corrected chi connectivity index (χ3v) is 2.35. The molecule has 0 fully saturated rings. The fourth-order valence-electron chi connectivity index (χ4n) is 0.958. The summed E-state index contributed by atoms with van der Waals surface area (Å²) < 4.78 is 0. The van der Waals surface area contributed by atoms with Crippen LogP contribution in [0.4, 0.5) is 0 Å². The average Bonchev–Trinajstić information content (AvgIpc) is 2.16. The molecule has 1 nitrogen and oxygen atoms in total. The van der Waals surface area contributed by atoms with Crippen LogP contribution >= 0.6 is 11.8 Å². The molecule has 0 atom stereocenters. The van der Waals surface area contributed by atoms with E-state index in [0.717, 1.165) is 10.5 Å². The van der Waals surface area contributed by atoms with Crippen LogP contribution < -0.4 is 0 Å². The first-order valence-corrected chi connectivity index (χ1v) is 4.82. The van der Waals surface area contributed by atoms with E-state index in [1.807, 2.05) is 30.5 Å². The lowest BCUT2D eigenvalue weighted by atomic mass is 10.1. The van der Waals surface area contributed by atoms with Crippen LogP contribution in [0.25, 0.3) is 0 Å². The van der Waals surface area contributed by atoms with Crippen molar-refractivity contribution in [1.29, 1.82) is 0 Å². The summed E-state index contributed by atoms with van der Waals surface area (Å²) in [5, 5.41) is 0. The summed E-state index contributed by atoms with van der Waals surface area (Å²) in [5.74, 6) is -0.0139. The van der Waals surface area contributed by atoms with Gasteiger partial charge in [0.2, 0.25) is 0 Å². The Morgan fingerprint density at radius 1 is 1.50 bits per heavy atom. The van der Waals surface area contributed by atoms with Crippen LogP contribution in [0.2, 0.25) is 0 Å². The second-order valence-corrected chi connectivity index (χ2v) is 3.12. The topological polar surface area (TPSA) is 17.1 Å². The Balaban J connectivity index is 3.13. The van der Waals surface area contributed by atoms with Gasteiger partial charge in [-0.15, -0.1) is 11.8 Å². The summed E-state index contributed by atoms with van der Waals surface area (Å²) in [6.45, 7) is 3.45. The van der Waals surface area contributed by atoms with Gasteiger partial charge in [0.25, 0.3) is 0 Å². The Labute approximate surface area is 76.5 Å². The van der Waals surface area contributed by atoms with Crippen molar-refractivity contribution < 1.29 is 4.79 Å². The van der Waals surface area contributed by atoms with Crippen molar-refractivity contribution in [2.45, 2.75) is 4.90 Å². The van der Waals surface area contributed by atoms with E-state index >= 15 is 0 Å². The second kappa shape index (κ2) is 4.12. The Morgan fingerprint density at radius 2 is 2.17 bits per heavy atom. The molecule has 0 spiro atoms. The largest absolute Gasteiger partial charge is 0.289 e. The summed E-state index contributed by atoms with van der Waals surface area (Å²) >= 11 is 1.57. The molecule has 12 heavy (non-hydrogen) atoms. The molecule has 62 valence electrons. The van der Waals surface area contributed by atoms with Crippen LogP contribution in [0, 0.1) is 0 Å². The minimum Gasteiger partial charge on any atom is -0.289 e. The SMILES string of the molecule is C=CC(=O)c1ccccc1SC. The molecule has 0 aliphatic rings. The van der Waals surface area contributed by atoms with Crippen LogP contribution in [0.3, 0.4) is 0 Å². The van der Waals surface area contributed by atoms with Gasteiger partial charge < -0.3 is 0 Å². The molecule has 0 unspecified atom stereocenters.